The molecule has 0 aliphatic heterocycles. The summed E-state index contributed by atoms with van der Waals surface area (Å²) in [6, 6.07) is 0.144. The number of hydrogen-bond acceptors (Lipinski definition) is 4. The van der Waals surface area contributed by atoms with E-state index in [2.05, 4.69) is 5.10 Å². The van der Waals surface area contributed by atoms with Crippen LogP contribution in [0.25, 0.3) is 0 Å². The van der Waals surface area contributed by atoms with Crippen molar-refractivity contribution in [3.63, 3.8) is 0 Å². The molecule has 1 aromatic rings. The van der Waals surface area contributed by atoms with Crippen molar-refractivity contribution in [1.82, 2.24) is 14.5 Å². The van der Waals surface area contributed by atoms with Gasteiger partial charge in [-0.05, 0) is 19.9 Å². The second kappa shape index (κ2) is 4.62. The second-order valence-electron chi connectivity index (χ2n) is 3.17. The lowest BCUT2D eigenvalue weighted by atomic mass is 10.4. The maximum Gasteiger partial charge on any atom is 0.321 e. The highest BCUT2D eigenvalue weighted by molar-refractivity contribution is 7.89. The average molecular weight is 247 g/mol. The highest BCUT2D eigenvalue weighted by Gasteiger charge is 2.24. The molecule has 2 N–H and O–H groups in total. The van der Waals surface area contributed by atoms with Crippen LogP contribution in [-0.2, 0) is 21.4 Å². The molecule has 1 heterocycles. The van der Waals surface area contributed by atoms with E-state index in [-0.39, 0.29) is 5.03 Å². The smallest absolute Gasteiger partial charge is 0.321 e. The number of nitrogens with one attached hydrogen (secondary N) is 1. The molecule has 0 aliphatic carbocycles. The lowest BCUT2D eigenvalue weighted by Gasteiger charge is -2.10. The molecule has 0 aliphatic rings. The van der Waals surface area contributed by atoms with Gasteiger partial charge < -0.3 is 5.11 Å². The van der Waals surface area contributed by atoms with Gasteiger partial charge in [0.05, 0.1) is 6.20 Å². The normalized spacial score (nSPS) is 13.6. The third kappa shape index (κ3) is 2.58. The molecule has 16 heavy (non-hydrogen) atoms. The third-order valence-corrected chi connectivity index (χ3v) is 3.52. The van der Waals surface area contributed by atoms with Crippen LogP contribution in [0.1, 0.15) is 13.8 Å². The number of sulfonamides is 1. The Morgan fingerprint density at radius 2 is 2.31 bits per heavy atom. The lowest BCUT2D eigenvalue weighted by molar-refractivity contribution is -0.138. The van der Waals surface area contributed by atoms with E-state index >= 15 is 0 Å². The van der Waals surface area contributed by atoms with Crippen LogP contribution in [0, 0.1) is 0 Å². The van der Waals surface area contributed by atoms with Gasteiger partial charge in [-0.1, -0.05) is 0 Å². The minimum atomic E-state index is -3.83. The van der Waals surface area contributed by atoms with E-state index in [9.17, 15) is 13.2 Å². The van der Waals surface area contributed by atoms with Crippen molar-refractivity contribution in [3.05, 3.63) is 12.3 Å². The zero-order valence-electron chi connectivity index (χ0n) is 8.91. The molecule has 7 nitrogen and oxygen atoms in total. The first kappa shape index (κ1) is 12.7. The van der Waals surface area contributed by atoms with Crippen LogP contribution >= 0.6 is 0 Å². The molecule has 1 atom stereocenters. The summed E-state index contributed by atoms with van der Waals surface area (Å²) in [6.07, 6.45) is 1.35. The standard InChI is InChI=1S/C8H13N3O4S/c1-3-11-7(4-5-9-11)16(14,15)10-6(2)8(12)13/h4-6,10H,3H2,1-2H3,(H,12,13)/t6-/m1/s1. The van der Waals surface area contributed by atoms with Gasteiger partial charge in [0.15, 0.2) is 5.03 Å². The van der Waals surface area contributed by atoms with Gasteiger partial charge in [-0.3, -0.25) is 9.48 Å². The predicted molar refractivity (Wildman–Crippen MR) is 55.3 cm³/mol. The summed E-state index contributed by atoms with van der Waals surface area (Å²) in [5.74, 6) is -1.23. The van der Waals surface area contributed by atoms with Crippen LogP contribution in [0.15, 0.2) is 17.3 Å². The van der Waals surface area contributed by atoms with Crippen LogP contribution in [0.2, 0.25) is 0 Å². The number of rotatable bonds is 5. The van der Waals surface area contributed by atoms with Gasteiger partial charge in [0.25, 0.3) is 10.0 Å². The number of aliphatic carboxylic acids is 1. The molecule has 0 spiro atoms. The van der Waals surface area contributed by atoms with E-state index in [4.69, 9.17) is 5.11 Å². The Hall–Kier alpha value is -1.41. The minimum Gasteiger partial charge on any atom is -0.480 e. The van der Waals surface area contributed by atoms with E-state index in [1.165, 1.54) is 23.9 Å². The molecule has 0 amide bonds. The van der Waals surface area contributed by atoms with E-state index < -0.39 is 22.0 Å². The highest BCUT2D eigenvalue weighted by atomic mass is 32.2. The van der Waals surface area contributed by atoms with Crippen LogP contribution < -0.4 is 4.72 Å². The van der Waals surface area contributed by atoms with Gasteiger partial charge in [-0.2, -0.15) is 9.82 Å². The molecular weight excluding hydrogens is 234 g/mol. The second-order valence-corrected chi connectivity index (χ2v) is 4.83. The first-order chi connectivity index (χ1) is 7.38. The van der Waals surface area contributed by atoms with Gasteiger partial charge in [0.1, 0.15) is 6.04 Å². The largest absolute Gasteiger partial charge is 0.480 e. The summed E-state index contributed by atoms with van der Waals surface area (Å²) in [6.45, 7) is 3.39. The molecule has 1 aromatic heterocycles. The van der Waals surface area contributed by atoms with E-state index in [1.807, 2.05) is 4.72 Å². The summed E-state index contributed by atoms with van der Waals surface area (Å²) in [4.78, 5) is 10.6. The molecule has 0 saturated heterocycles. The van der Waals surface area contributed by atoms with E-state index in [0.717, 1.165) is 0 Å². The highest BCUT2D eigenvalue weighted by Crippen LogP contribution is 2.08. The predicted octanol–water partition coefficient (Wildman–Crippen LogP) is -0.346. The summed E-state index contributed by atoms with van der Waals surface area (Å²) in [5.41, 5.74) is 0. The maximum atomic E-state index is 11.8. The molecule has 90 valence electrons. The number of carbonyl (C=O) groups is 1. The molecule has 0 fully saturated rings. The fraction of sp³-hybridized carbons (Fsp3) is 0.500. The van der Waals surface area contributed by atoms with Gasteiger partial charge in [0.2, 0.25) is 0 Å². The third-order valence-electron chi connectivity index (χ3n) is 1.95. The van der Waals surface area contributed by atoms with Crippen molar-refractivity contribution >= 4 is 16.0 Å². The van der Waals surface area contributed by atoms with Gasteiger partial charge in [-0.25, -0.2) is 8.42 Å². The van der Waals surface area contributed by atoms with Crippen molar-refractivity contribution in [1.29, 1.82) is 0 Å². The van der Waals surface area contributed by atoms with Crippen LogP contribution in [0.4, 0.5) is 0 Å². The van der Waals surface area contributed by atoms with E-state index in [1.54, 1.807) is 6.92 Å². The molecule has 0 bridgehead atoms. The van der Waals surface area contributed by atoms with Crippen LogP contribution in [0.5, 0.6) is 0 Å². The Kier molecular flexibility index (Phi) is 3.66. The Bertz CT molecular complexity index is 479. The zero-order chi connectivity index (χ0) is 12.3. The zero-order valence-corrected chi connectivity index (χ0v) is 9.73. The van der Waals surface area contributed by atoms with Gasteiger partial charge in [0, 0.05) is 6.54 Å². The van der Waals surface area contributed by atoms with E-state index in [0.29, 0.717) is 6.54 Å². The fourth-order valence-electron chi connectivity index (χ4n) is 1.13. The quantitative estimate of drug-likeness (QED) is 0.740. The number of carboxylic acids is 1. The molecule has 8 heteroatoms. The number of carboxylic acid groups (broad SMARTS) is 1. The topological polar surface area (TPSA) is 101 Å². The Morgan fingerprint density at radius 3 is 2.81 bits per heavy atom. The molecule has 0 radical (unpaired) electrons. The molecular formula is C8H13N3O4S. The maximum absolute atomic E-state index is 11.8. The SMILES string of the molecule is CCn1nccc1S(=O)(=O)N[C@H](C)C(=O)O. The first-order valence-electron chi connectivity index (χ1n) is 4.65. The van der Waals surface area contributed by atoms with Crippen LogP contribution in [-0.4, -0.2) is 35.3 Å². The van der Waals surface area contributed by atoms with Crippen molar-refractivity contribution in [3.8, 4) is 0 Å². The molecule has 0 aromatic carbocycles. The molecule has 1 rings (SSSR count). The van der Waals surface area contributed by atoms with Crippen molar-refractivity contribution < 1.29 is 18.3 Å². The lowest BCUT2D eigenvalue weighted by Crippen LogP contribution is -2.39. The Morgan fingerprint density at radius 1 is 1.69 bits per heavy atom. The molecule has 0 saturated carbocycles. The van der Waals surface area contributed by atoms with Gasteiger partial charge >= 0.3 is 5.97 Å². The Balaban J connectivity index is 2.99. The van der Waals surface area contributed by atoms with Crippen LogP contribution in [0.3, 0.4) is 0 Å². The van der Waals surface area contributed by atoms with Crippen molar-refractivity contribution in [2.75, 3.05) is 0 Å². The summed E-state index contributed by atoms with van der Waals surface area (Å²) < 4.78 is 26.8. The molecule has 0 unspecified atom stereocenters. The first-order valence-corrected chi connectivity index (χ1v) is 6.13. The summed E-state index contributed by atoms with van der Waals surface area (Å²) in [5, 5.41) is 12.4. The van der Waals surface area contributed by atoms with Crippen molar-refractivity contribution in [2.45, 2.75) is 31.5 Å². The number of nitrogens with zero attached hydrogens (tertiary/aromatic N) is 2. The summed E-state index contributed by atoms with van der Waals surface area (Å²) in [7, 11) is -3.83. The number of aromatic nitrogens is 2. The van der Waals surface area contributed by atoms with Gasteiger partial charge in [-0.15, -0.1) is 0 Å². The number of aryl methyl sites for hydroxylation is 1. The van der Waals surface area contributed by atoms with Crippen molar-refractivity contribution in [2.24, 2.45) is 0 Å². The average Bonchev–Trinajstić information content (AvgIpc) is 2.64. The summed E-state index contributed by atoms with van der Waals surface area (Å²) >= 11 is 0. The monoisotopic (exact) mass is 247 g/mol. The fourth-order valence-corrected chi connectivity index (χ4v) is 2.51. The minimum absolute atomic E-state index is 0.0388. The Labute approximate surface area is 93.1 Å². The number of hydrogen-bond donors (Lipinski definition) is 2.